The molecule has 18 rings (SSSR count). The molecule has 0 bridgehead atoms. The third-order valence-corrected chi connectivity index (χ3v) is 23.8. The van der Waals surface area contributed by atoms with E-state index in [0.717, 1.165) is 173 Å². The van der Waals surface area contributed by atoms with Crippen molar-refractivity contribution in [2.45, 2.75) is 90.7 Å². The summed E-state index contributed by atoms with van der Waals surface area (Å²) in [6, 6.07) is 69.0. The van der Waals surface area contributed by atoms with Gasteiger partial charge < -0.3 is 41.7 Å². The summed E-state index contributed by atoms with van der Waals surface area (Å²) in [7, 11) is 0. The summed E-state index contributed by atoms with van der Waals surface area (Å²) >= 11 is 12.6. The number of para-hydroxylation sites is 1. The molecule has 0 spiro atoms. The van der Waals surface area contributed by atoms with Gasteiger partial charge in [0.2, 0.25) is 0 Å². The fraction of sp³-hybridized carbons (Fsp3) is 0.284. The van der Waals surface area contributed by atoms with Crippen molar-refractivity contribution in [3.8, 4) is 0 Å². The van der Waals surface area contributed by atoms with Crippen molar-refractivity contribution < 1.29 is 49.0 Å². The highest BCUT2D eigenvalue weighted by Crippen LogP contribution is 2.37. The summed E-state index contributed by atoms with van der Waals surface area (Å²) in [4.78, 5) is 110. The standard InChI is InChI=1S/C29H28N4O.C19H19N3O3.C19H21N3O.C11H16N2.C8H6BrNO4.C8H7NO4.CH2Cl2/c1-20-17-28(24-9-4-5-11-26(24)30-20)31-27-12-6-10-23-25(27)19-33(29(23)34)16-15-32-14-13-21-7-2-3-8-22(21)18-32;23-19-16-6-3-7-18(22(24)25)17(16)13-21(19)11-10-20-9-8-14-4-1-2-5-15(14)12-20;20-18-7-3-6-16-17(18)13-22(19(16)23)11-10-21-9-8-14-4-1-2-5-15(14)12-21;12-6-8-13-7-5-10-3-1-2-4-11(10)9-13;9-4-6-5(8(11)12)2-1-3-7(6)10(13)14;1-5-6(8(10)11)3-2-4-7(5)9(12)13;2-1-3/h2-12,17H,13-16,18-19H2,1H3,(H,30,31);1-7H,8-13H2;1-7H,8-13,20H2;1-4H,5-9,12H2;1-3H,4H2,(H,11,12);2-4H,1H3,(H,10,11);1H2. The van der Waals surface area contributed by atoms with Crippen LogP contribution in [0.2, 0.25) is 0 Å². The summed E-state index contributed by atoms with van der Waals surface area (Å²) in [5.41, 5.74) is 32.3. The molecule has 30 heteroatoms. The smallest absolute Gasteiger partial charge is 0.336 e. The molecule has 0 unspecified atom stereocenters. The van der Waals surface area contributed by atoms with Crippen LogP contribution < -0.4 is 16.8 Å². The molecule has 7 N–H and O–H groups in total. The topological polar surface area (TPSA) is 355 Å². The molecule has 1 aromatic heterocycles. The Morgan fingerprint density at radius 1 is 0.440 bits per heavy atom. The Kier molecular flexibility index (Phi) is 32.2. The fourth-order valence-electron chi connectivity index (χ4n) is 16.7. The van der Waals surface area contributed by atoms with Gasteiger partial charge >= 0.3 is 11.9 Å². The van der Waals surface area contributed by atoms with E-state index in [4.69, 9.17) is 44.9 Å². The average Bonchev–Trinajstić information content (AvgIpc) is 1.74. The molecule has 0 saturated carbocycles. The first-order valence-electron chi connectivity index (χ1n) is 41.2. The lowest BCUT2D eigenvalue weighted by molar-refractivity contribution is -0.385. The molecule has 10 aromatic carbocycles. The second kappa shape index (κ2) is 43.8. The van der Waals surface area contributed by atoms with Gasteiger partial charge in [-0.05, 0) is 139 Å². The second-order valence-corrected chi connectivity index (χ2v) is 32.3. The molecule has 8 heterocycles. The molecule has 0 atom stereocenters. The van der Waals surface area contributed by atoms with Crippen LogP contribution in [-0.4, -0.2) is 178 Å². The van der Waals surface area contributed by atoms with Gasteiger partial charge in [-0.1, -0.05) is 162 Å². The number of hydrogen-bond donors (Lipinski definition) is 5. The van der Waals surface area contributed by atoms with Crippen molar-refractivity contribution in [1.29, 1.82) is 0 Å². The number of rotatable bonds is 19. The number of benzene rings is 10. The minimum Gasteiger partial charge on any atom is -0.478 e. The lowest BCUT2D eigenvalue weighted by Gasteiger charge is -2.30. The fourth-order valence-corrected chi connectivity index (χ4v) is 17.2. The minimum absolute atomic E-state index is 0.0331. The Hall–Kier alpha value is -12.4. The predicted molar refractivity (Wildman–Crippen MR) is 489 cm³/mol. The summed E-state index contributed by atoms with van der Waals surface area (Å²) in [5, 5.41) is 54.6. The van der Waals surface area contributed by atoms with Crippen LogP contribution in [0.5, 0.6) is 0 Å². The zero-order valence-electron chi connectivity index (χ0n) is 69.6. The molecule has 11 aromatic rings. The van der Waals surface area contributed by atoms with Gasteiger partial charge in [-0.25, -0.2) is 9.59 Å². The molecule has 7 aliphatic heterocycles. The highest BCUT2D eigenvalue weighted by Gasteiger charge is 2.35. The number of aromatic carboxylic acids is 2. The summed E-state index contributed by atoms with van der Waals surface area (Å²) in [5.74, 6) is -2.17. The maximum absolute atomic E-state index is 13.2. The number of carbonyl (C=O) groups excluding carboxylic acids is 3. The number of nitrogens with one attached hydrogen (secondary N) is 1. The molecule has 0 saturated heterocycles. The van der Waals surface area contributed by atoms with Gasteiger partial charge in [-0.15, -0.1) is 23.2 Å². The SMILES string of the molecule is Cc1c(C(=O)O)cccc1[N+](=O)[O-].Cc1cc(Nc2cccc3c2CN(CCN2CCc4ccccc4C2)C3=O)c2ccccc2n1.ClCCl.NCCN1CCc2ccccc2C1.Nc1cccc2c1CN(CCN1CCc3ccccc3C1)C2=O.O=C(O)c1cccc([N+](=O)[O-])c1CBr.O=C1c2cccc([N+](=O)[O-])c2CN1CCN1CCc2ccccc2C1. The van der Waals surface area contributed by atoms with Gasteiger partial charge in [0.15, 0.2) is 0 Å². The number of carboxylic acids is 2. The van der Waals surface area contributed by atoms with Crippen molar-refractivity contribution in [2.75, 3.05) is 94.9 Å². The first kappa shape index (κ1) is 91.8. The van der Waals surface area contributed by atoms with Crippen LogP contribution in [0.15, 0.2) is 218 Å². The number of aromatic nitrogens is 1. The zero-order chi connectivity index (χ0) is 88.8. The Labute approximate surface area is 743 Å². The number of anilines is 3. The van der Waals surface area contributed by atoms with Crippen molar-refractivity contribution in [2.24, 2.45) is 5.73 Å². The third kappa shape index (κ3) is 23.2. The summed E-state index contributed by atoms with van der Waals surface area (Å²) < 4.78 is 0. The van der Waals surface area contributed by atoms with Gasteiger partial charge in [-0.2, -0.15) is 0 Å². The van der Waals surface area contributed by atoms with Crippen molar-refractivity contribution in [1.82, 2.24) is 39.3 Å². The van der Waals surface area contributed by atoms with E-state index in [1.54, 1.807) is 17.0 Å². The van der Waals surface area contributed by atoms with Gasteiger partial charge in [-0.3, -0.25) is 69.3 Å². The number of nitro groups is 3. The van der Waals surface area contributed by atoms with Gasteiger partial charge in [0.1, 0.15) is 0 Å². The van der Waals surface area contributed by atoms with E-state index in [-0.39, 0.29) is 67.7 Å². The predicted octanol–water partition coefficient (Wildman–Crippen LogP) is 16.4. The summed E-state index contributed by atoms with van der Waals surface area (Å²) in [6.07, 6.45) is 4.38. The van der Waals surface area contributed by atoms with Crippen LogP contribution in [-0.2, 0) is 76.8 Å². The van der Waals surface area contributed by atoms with E-state index < -0.39 is 26.7 Å². The van der Waals surface area contributed by atoms with Gasteiger partial charge in [0.25, 0.3) is 34.8 Å². The maximum Gasteiger partial charge on any atom is 0.336 e. The molecule has 125 heavy (non-hydrogen) atoms. The van der Waals surface area contributed by atoms with E-state index in [2.05, 4.69) is 161 Å². The molecular weight excluding hydrogens is 1700 g/mol. The number of nitrogen functional groups attached to an aromatic ring is 1. The van der Waals surface area contributed by atoms with Crippen LogP contribution in [0.3, 0.4) is 0 Å². The number of carbonyl (C=O) groups is 5. The Balaban J connectivity index is 0.000000141. The van der Waals surface area contributed by atoms with Crippen LogP contribution in [0, 0.1) is 44.2 Å². The normalized spacial score (nSPS) is 14.7. The summed E-state index contributed by atoms with van der Waals surface area (Å²) in [6.45, 7) is 19.7. The molecule has 3 amide bonds. The largest absolute Gasteiger partial charge is 0.478 e. The van der Waals surface area contributed by atoms with Crippen molar-refractivity contribution in [3.05, 3.63) is 355 Å². The highest BCUT2D eigenvalue weighted by molar-refractivity contribution is 9.08. The molecular formula is C95H99BrCl2N14O13. The first-order chi connectivity index (χ1) is 60.4. The van der Waals surface area contributed by atoms with Crippen LogP contribution in [0.25, 0.3) is 10.9 Å². The van der Waals surface area contributed by atoms with Gasteiger partial charge in [0.05, 0.1) is 60.0 Å². The Morgan fingerprint density at radius 2 is 0.808 bits per heavy atom. The van der Waals surface area contributed by atoms with E-state index in [1.807, 2.05) is 65.3 Å². The molecule has 0 aliphatic carbocycles. The van der Waals surface area contributed by atoms with Crippen LogP contribution in [0.4, 0.5) is 34.1 Å². The number of hydrogen-bond acceptors (Lipinski definition) is 19. The van der Waals surface area contributed by atoms with Crippen molar-refractivity contribution in [3.63, 3.8) is 0 Å². The number of carboxylic acid groups (broad SMARTS) is 2. The van der Waals surface area contributed by atoms with Crippen LogP contribution >= 0.6 is 39.1 Å². The lowest BCUT2D eigenvalue weighted by atomic mass is 10.00. The van der Waals surface area contributed by atoms with Crippen molar-refractivity contribution >= 4 is 114 Å². The number of alkyl halides is 3. The molecule has 0 fully saturated rings. The molecule has 648 valence electrons. The number of halogens is 3. The molecule has 0 radical (unpaired) electrons. The zero-order valence-corrected chi connectivity index (χ0v) is 72.7. The number of nitro benzene ring substituents is 3. The Morgan fingerprint density at radius 3 is 1.25 bits per heavy atom. The third-order valence-electron chi connectivity index (χ3n) is 23.2. The quantitative estimate of drug-likeness (QED) is 0.0217. The molecule has 7 aliphatic rings. The minimum atomic E-state index is -1.16. The lowest BCUT2D eigenvalue weighted by Crippen LogP contribution is -2.38. The number of aryl methyl sites for hydroxylation is 1. The Bertz CT molecular complexity index is 5720. The van der Waals surface area contributed by atoms with E-state index in [1.165, 1.54) is 100 Å². The number of fused-ring (bicyclic) bond motifs is 8. The molecule has 27 nitrogen and oxygen atoms in total. The number of nitrogens with zero attached hydrogens (tertiary/aromatic N) is 11. The monoisotopic (exact) mass is 1790 g/mol. The number of amides is 3. The van der Waals surface area contributed by atoms with E-state index in [9.17, 15) is 54.3 Å². The van der Waals surface area contributed by atoms with E-state index in [0.29, 0.717) is 37.3 Å². The van der Waals surface area contributed by atoms with E-state index >= 15 is 0 Å². The second-order valence-electron chi connectivity index (χ2n) is 31.0. The number of nitrogens with two attached hydrogens (primary N) is 2. The maximum atomic E-state index is 13.2. The average molecular weight is 1800 g/mol. The highest BCUT2D eigenvalue weighted by atomic mass is 79.9. The number of pyridine rings is 1. The van der Waals surface area contributed by atoms with Crippen LogP contribution in [0.1, 0.15) is 130 Å². The van der Waals surface area contributed by atoms with Gasteiger partial charge in [0, 0.05) is 197 Å². The first-order valence-corrected chi connectivity index (χ1v) is 43.4.